The van der Waals surface area contributed by atoms with Crippen molar-refractivity contribution >= 4 is 11.2 Å². The Morgan fingerprint density at radius 2 is 2.35 bits per heavy atom. The smallest absolute Gasteiger partial charge is 0.159 e. The molecule has 0 fully saturated rings. The van der Waals surface area contributed by atoms with Crippen LogP contribution < -0.4 is 5.73 Å². The first kappa shape index (κ1) is 12.0. The number of nitrogens with zero attached hydrogens (tertiary/aromatic N) is 3. The molecule has 0 aliphatic carbocycles. The summed E-state index contributed by atoms with van der Waals surface area (Å²) in [7, 11) is 1.71. The van der Waals surface area contributed by atoms with Crippen LogP contribution in [0.15, 0.2) is 18.3 Å². The molecule has 0 aromatic carbocycles. The van der Waals surface area contributed by atoms with Gasteiger partial charge >= 0.3 is 0 Å². The van der Waals surface area contributed by atoms with Gasteiger partial charge in [-0.05, 0) is 25.1 Å². The Kier molecular flexibility index (Phi) is 4.06. The Balaban J connectivity index is 2.30. The van der Waals surface area contributed by atoms with E-state index in [2.05, 4.69) is 14.5 Å². The highest BCUT2D eigenvalue weighted by Crippen LogP contribution is 2.14. The van der Waals surface area contributed by atoms with E-state index in [1.54, 1.807) is 13.3 Å². The molecule has 0 bridgehead atoms. The molecule has 2 rings (SSSR count). The van der Waals surface area contributed by atoms with Crippen LogP contribution in [0.2, 0.25) is 0 Å². The molecule has 0 spiro atoms. The van der Waals surface area contributed by atoms with E-state index in [-0.39, 0.29) is 0 Å². The number of fused-ring (bicyclic) bond motifs is 1. The predicted octanol–water partition coefficient (Wildman–Crippen LogP) is 0.969. The summed E-state index contributed by atoms with van der Waals surface area (Å²) in [5.41, 5.74) is 7.48. The van der Waals surface area contributed by atoms with Crippen molar-refractivity contribution in [3.63, 3.8) is 0 Å². The van der Waals surface area contributed by atoms with Crippen LogP contribution in [0.25, 0.3) is 11.2 Å². The molecule has 0 saturated heterocycles. The van der Waals surface area contributed by atoms with Gasteiger partial charge in [0.2, 0.25) is 0 Å². The second-order valence-electron chi connectivity index (χ2n) is 3.91. The van der Waals surface area contributed by atoms with Crippen LogP contribution in [0.3, 0.4) is 0 Å². The second-order valence-corrected chi connectivity index (χ2v) is 3.91. The van der Waals surface area contributed by atoms with Gasteiger partial charge in [0.15, 0.2) is 5.65 Å². The summed E-state index contributed by atoms with van der Waals surface area (Å²) in [6.07, 6.45) is 3.53. The number of aryl methyl sites for hydroxylation is 1. The van der Waals surface area contributed by atoms with Crippen LogP contribution in [-0.4, -0.2) is 34.8 Å². The maximum atomic E-state index is 5.61. The third-order valence-corrected chi connectivity index (χ3v) is 2.68. The molecule has 5 heteroatoms. The van der Waals surface area contributed by atoms with Crippen molar-refractivity contribution in [3.8, 4) is 0 Å². The monoisotopic (exact) mass is 234 g/mol. The van der Waals surface area contributed by atoms with Crippen LogP contribution in [0.5, 0.6) is 0 Å². The van der Waals surface area contributed by atoms with Gasteiger partial charge in [-0.1, -0.05) is 0 Å². The maximum absolute atomic E-state index is 5.61. The predicted molar refractivity (Wildman–Crippen MR) is 66.8 cm³/mol. The molecule has 2 heterocycles. The Labute approximate surface area is 101 Å². The molecule has 2 aromatic heterocycles. The van der Waals surface area contributed by atoms with Gasteiger partial charge in [-0.3, -0.25) is 0 Å². The van der Waals surface area contributed by atoms with Crippen molar-refractivity contribution in [1.29, 1.82) is 0 Å². The first-order valence-electron chi connectivity index (χ1n) is 5.86. The molecular weight excluding hydrogens is 216 g/mol. The van der Waals surface area contributed by atoms with Gasteiger partial charge in [0.25, 0.3) is 0 Å². The fraction of sp³-hybridized carbons (Fsp3) is 0.500. The molecule has 92 valence electrons. The average Bonchev–Trinajstić information content (AvgIpc) is 2.69. The standard InChI is InChI=1S/C12H18N4O/c1-17-9-3-8-16-11(5-6-13)15-10-4-2-7-14-12(10)16/h2,4,7H,3,5-6,8-9,13H2,1H3. The number of imidazole rings is 1. The summed E-state index contributed by atoms with van der Waals surface area (Å²) < 4.78 is 7.21. The van der Waals surface area contributed by atoms with Crippen molar-refractivity contribution in [3.05, 3.63) is 24.2 Å². The van der Waals surface area contributed by atoms with E-state index < -0.39 is 0 Å². The molecule has 2 N–H and O–H groups in total. The van der Waals surface area contributed by atoms with Crippen LogP contribution >= 0.6 is 0 Å². The molecule has 5 nitrogen and oxygen atoms in total. The van der Waals surface area contributed by atoms with Gasteiger partial charge < -0.3 is 15.0 Å². The molecule has 0 unspecified atom stereocenters. The number of hydrogen-bond donors (Lipinski definition) is 1. The molecule has 0 saturated carbocycles. The zero-order chi connectivity index (χ0) is 12.1. The minimum absolute atomic E-state index is 0.605. The number of pyridine rings is 1. The normalized spacial score (nSPS) is 11.2. The number of rotatable bonds is 6. The summed E-state index contributed by atoms with van der Waals surface area (Å²) in [6, 6.07) is 3.89. The van der Waals surface area contributed by atoms with E-state index in [0.717, 1.165) is 43.0 Å². The van der Waals surface area contributed by atoms with Crippen molar-refractivity contribution in [2.24, 2.45) is 5.73 Å². The SMILES string of the molecule is COCCCn1c(CCN)nc2cccnc21. The Hall–Kier alpha value is -1.46. The largest absolute Gasteiger partial charge is 0.385 e. The molecule has 0 aliphatic heterocycles. The van der Waals surface area contributed by atoms with E-state index in [4.69, 9.17) is 10.5 Å². The van der Waals surface area contributed by atoms with E-state index in [0.29, 0.717) is 6.54 Å². The highest BCUT2D eigenvalue weighted by molar-refractivity contribution is 5.71. The fourth-order valence-corrected chi connectivity index (χ4v) is 1.93. The van der Waals surface area contributed by atoms with Gasteiger partial charge in [0.05, 0.1) is 0 Å². The second kappa shape index (κ2) is 5.75. The van der Waals surface area contributed by atoms with E-state index in [1.807, 2.05) is 12.1 Å². The van der Waals surface area contributed by atoms with Gasteiger partial charge in [0.1, 0.15) is 11.3 Å². The van der Waals surface area contributed by atoms with Gasteiger partial charge in [-0.15, -0.1) is 0 Å². The van der Waals surface area contributed by atoms with Crippen LogP contribution in [0.1, 0.15) is 12.2 Å². The molecule has 17 heavy (non-hydrogen) atoms. The Morgan fingerprint density at radius 1 is 1.47 bits per heavy atom. The zero-order valence-electron chi connectivity index (χ0n) is 10.1. The van der Waals surface area contributed by atoms with Gasteiger partial charge in [0, 0.05) is 32.9 Å². The number of aromatic nitrogens is 3. The lowest BCUT2D eigenvalue weighted by Gasteiger charge is -2.07. The number of nitrogens with two attached hydrogens (primary N) is 1. The number of methoxy groups -OCH3 is 1. The fourth-order valence-electron chi connectivity index (χ4n) is 1.93. The van der Waals surface area contributed by atoms with E-state index in [9.17, 15) is 0 Å². The van der Waals surface area contributed by atoms with E-state index >= 15 is 0 Å². The summed E-state index contributed by atoms with van der Waals surface area (Å²) in [6.45, 7) is 2.22. The first-order valence-corrected chi connectivity index (χ1v) is 5.86. The number of hydrogen-bond acceptors (Lipinski definition) is 4. The highest BCUT2D eigenvalue weighted by Gasteiger charge is 2.10. The molecule has 0 amide bonds. The van der Waals surface area contributed by atoms with Crippen LogP contribution in [0.4, 0.5) is 0 Å². The summed E-state index contributed by atoms with van der Waals surface area (Å²) in [5, 5.41) is 0. The van der Waals surface area contributed by atoms with Crippen molar-refractivity contribution in [2.45, 2.75) is 19.4 Å². The lowest BCUT2D eigenvalue weighted by molar-refractivity contribution is 0.190. The summed E-state index contributed by atoms with van der Waals surface area (Å²) in [5.74, 6) is 1.01. The average molecular weight is 234 g/mol. The zero-order valence-corrected chi connectivity index (χ0v) is 10.1. The molecule has 2 aromatic rings. The summed E-state index contributed by atoms with van der Waals surface area (Å²) >= 11 is 0. The maximum Gasteiger partial charge on any atom is 0.159 e. The minimum Gasteiger partial charge on any atom is -0.385 e. The van der Waals surface area contributed by atoms with Gasteiger partial charge in [-0.25, -0.2) is 9.97 Å². The molecule has 0 atom stereocenters. The van der Waals surface area contributed by atoms with Crippen molar-refractivity contribution < 1.29 is 4.74 Å². The third kappa shape index (κ3) is 2.62. The summed E-state index contributed by atoms with van der Waals surface area (Å²) in [4.78, 5) is 8.94. The molecular formula is C12H18N4O. The Bertz CT molecular complexity index is 480. The first-order chi connectivity index (χ1) is 8.36. The van der Waals surface area contributed by atoms with E-state index in [1.165, 1.54) is 0 Å². The van der Waals surface area contributed by atoms with Crippen LogP contribution in [0, 0.1) is 0 Å². The topological polar surface area (TPSA) is 66.0 Å². The highest BCUT2D eigenvalue weighted by atomic mass is 16.5. The third-order valence-electron chi connectivity index (χ3n) is 2.68. The number of ether oxygens (including phenoxy) is 1. The van der Waals surface area contributed by atoms with Crippen LogP contribution in [-0.2, 0) is 17.7 Å². The Morgan fingerprint density at radius 3 is 3.12 bits per heavy atom. The van der Waals surface area contributed by atoms with Crippen molar-refractivity contribution in [1.82, 2.24) is 14.5 Å². The lowest BCUT2D eigenvalue weighted by Crippen LogP contribution is -2.11. The van der Waals surface area contributed by atoms with Gasteiger partial charge in [-0.2, -0.15) is 0 Å². The molecule has 0 radical (unpaired) electrons. The minimum atomic E-state index is 0.605. The lowest BCUT2D eigenvalue weighted by atomic mass is 10.3. The quantitative estimate of drug-likeness (QED) is 0.756. The molecule has 0 aliphatic rings. The van der Waals surface area contributed by atoms with Crippen molar-refractivity contribution in [2.75, 3.05) is 20.3 Å².